The average molecular weight is 252 g/mol. The molecule has 0 saturated heterocycles. The van der Waals surface area contributed by atoms with Crippen LogP contribution in [0.15, 0.2) is 18.2 Å². The van der Waals surface area contributed by atoms with Crippen molar-refractivity contribution in [3.05, 3.63) is 23.8 Å². The summed E-state index contributed by atoms with van der Waals surface area (Å²) in [5.41, 5.74) is 0.599. The minimum absolute atomic E-state index is 0.105. The second kappa shape index (κ2) is 6.48. The van der Waals surface area contributed by atoms with Crippen molar-refractivity contribution in [1.29, 1.82) is 0 Å². The third-order valence-electron chi connectivity index (χ3n) is 2.23. The monoisotopic (exact) mass is 252 g/mol. The van der Waals surface area contributed by atoms with Gasteiger partial charge in [-0.2, -0.15) is 0 Å². The van der Waals surface area contributed by atoms with Gasteiger partial charge < -0.3 is 20.8 Å². The Kier molecular flexibility index (Phi) is 4.98. The van der Waals surface area contributed by atoms with E-state index in [9.17, 15) is 14.7 Å². The molecule has 1 aromatic carbocycles. The molecule has 0 aliphatic rings. The second-order valence-electron chi connectivity index (χ2n) is 3.83. The third kappa shape index (κ3) is 4.73. The summed E-state index contributed by atoms with van der Waals surface area (Å²) in [6.07, 6.45) is 0.105. The van der Waals surface area contributed by atoms with Crippen molar-refractivity contribution < 1.29 is 19.8 Å². The van der Waals surface area contributed by atoms with Gasteiger partial charge in [-0.1, -0.05) is 6.07 Å². The number of rotatable bonds is 5. The number of phenols is 2. The first-order valence-corrected chi connectivity index (χ1v) is 5.51. The fourth-order valence-corrected chi connectivity index (χ4v) is 1.37. The van der Waals surface area contributed by atoms with Gasteiger partial charge in [0.15, 0.2) is 11.5 Å². The highest BCUT2D eigenvalue weighted by molar-refractivity contribution is 5.79. The van der Waals surface area contributed by atoms with Crippen LogP contribution in [0.25, 0.3) is 0 Å². The van der Waals surface area contributed by atoms with E-state index in [1.807, 2.05) is 0 Å². The van der Waals surface area contributed by atoms with E-state index in [1.54, 1.807) is 6.07 Å². The van der Waals surface area contributed by atoms with Gasteiger partial charge in [-0.25, -0.2) is 0 Å². The number of phenolic OH excluding ortho intramolecular Hbond substituents is 2. The molecule has 2 amide bonds. The van der Waals surface area contributed by atoms with Crippen LogP contribution < -0.4 is 10.6 Å². The molecule has 1 aromatic rings. The Morgan fingerprint density at radius 2 is 1.78 bits per heavy atom. The van der Waals surface area contributed by atoms with Gasteiger partial charge in [0, 0.05) is 20.0 Å². The lowest BCUT2D eigenvalue weighted by molar-refractivity contribution is -0.121. The fraction of sp³-hybridized carbons (Fsp3) is 0.333. The fourth-order valence-electron chi connectivity index (χ4n) is 1.37. The van der Waals surface area contributed by atoms with Crippen molar-refractivity contribution in [2.75, 3.05) is 13.1 Å². The number of hydrogen-bond donors (Lipinski definition) is 4. The van der Waals surface area contributed by atoms with Crippen LogP contribution in [0.1, 0.15) is 12.5 Å². The number of amides is 2. The minimum atomic E-state index is -0.251. The SMILES string of the molecule is CC(=O)NCCNC(=O)Cc1ccc(O)c(O)c1. The van der Waals surface area contributed by atoms with E-state index < -0.39 is 0 Å². The molecule has 0 atom stereocenters. The zero-order chi connectivity index (χ0) is 13.5. The van der Waals surface area contributed by atoms with Gasteiger partial charge in [-0.05, 0) is 17.7 Å². The lowest BCUT2D eigenvalue weighted by atomic mass is 10.1. The van der Waals surface area contributed by atoms with Crippen LogP contribution in [0.5, 0.6) is 11.5 Å². The first-order valence-electron chi connectivity index (χ1n) is 5.51. The molecular formula is C12H16N2O4. The maximum absolute atomic E-state index is 11.5. The summed E-state index contributed by atoms with van der Waals surface area (Å²) < 4.78 is 0. The number of nitrogens with one attached hydrogen (secondary N) is 2. The molecule has 98 valence electrons. The zero-order valence-electron chi connectivity index (χ0n) is 10.1. The van der Waals surface area contributed by atoms with E-state index in [-0.39, 0.29) is 29.7 Å². The number of carbonyl (C=O) groups excluding carboxylic acids is 2. The molecule has 0 spiro atoms. The van der Waals surface area contributed by atoms with E-state index in [0.717, 1.165) is 0 Å². The van der Waals surface area contributed by atoms with Crippen LogP contribution in [0.4, 0.5) is 0 Å². The summed E-state index contributed by atoms with van der Waals surface area (Å²) in [6, 6.07) is 4.22. The Hall–Kier alpha value is -2.24. The van der Waals surface area contributed by atoms with Crippen LogP contribution in [0, 0.1) is 0 Å². The van der Waals surface area contributed by atoms with Crippen LogP contribution >= 0.6 is 0 Å². The second-order valence-corrected chi connectivity index (χ2v) is 3.83. The summed E-state index contributed by atoms with van der Waals surface area (Å²) in [4.78, 5) is 22.1. The van der Waals surface area contributed by atoms with E-state index in [2.05, 4.69) is 10.6 Å². The third-order valence-corrected chi connectivity index (χ3v) is 2.23. The topological polar surface area (TPSA) is 98.7 Å². The number of carbonyl (C=O) groups is 2. The summed E-state index contributed by atoms with van der Waals surface area (Å²) in [7, 11) is 0. The maximum atomic E-state index is 11.5. The van der Waals surface area contributed by atoms with E-state index in [0.29, 0.717) is 18.7 Å². The molecular weight excluding hydrogens is 236 g/mol. The predicted molar refractivity (Wildman–Crippen MR) is 65.2 cm³/mol. The largest absolute Gasteiger partial charge is 0.504 e. The normalized spacial score (nSPS) is 9.83. The molecule has 0 aliphatic carbocycles. The Labute approximate surface area is 105 Å². The van der Waals surface area contributed by atoms with Crippen molar-refractivity contribution in [3.63, 3.8) is 0 Å². The number of benzene rings is 1. The van der Waals surface area contributed by atoms with E-state index in [4.69, 9.17) is 5.11 Å². The molecule has 0 fully saturated rings. The predicted octanol–water partition coefficient (Wildman–Crippen LogP) is -0.107. The number of aromatic hydroxyl groups is 2. The van der Waals surface area contributed by atoms with E-state index >= 15 is 0 Å². The van der Waals surface area contributed by atoms with Crippen LogP contribution in [-0.4, -0.2) is 35.1 Å². The van der Waals surface area contributed by atoms with Crippen molar-refractivity contribution in [3.8, 4) is 11.5 Å². The summed E-state index contributed by atoms with van der Waals surface area (Å²) in [5, 5.41) is 23.5. The first kappa shape index (κ1) is 13.8. The lowest BCUT2D eigenvalue weighted by Crippen LogP contribution is -2.34. The van der Waals surface area contributed by atoms with Crippen molar-refractivity contribution in [2.24, 2.45) is 0 Å². The molecule has 0 heterocycles. The quantitative estimate of drug-likeness (QED) is 0.434. The molecule has 4 N–H and O–H groups in total. The van der Waals surface area contributed by atoms with Crippen LogP contribution in [0.3, 0.4) is 0 Å². The van der Waals surface area contributed by atoms with E-state index in [1.165, 1.54) is 19.1 Å². The Balaban J connectivity index is 2.35. The Morgan fingerprint density at radius 1 is 1.11 bits per heavy atom. The molecule has 0 aromatic heterocycles. The maximum Gasteiger partial charge on any atom is 0.224 e. The summed E-state index contributed by atoms with van der Waals surface area (Å²) >= 11 is 0. The summed E-state index contributed by atoms with van der Waals surface area (Å²) in [5.74, 6) is -0.832. The Bertz CT molecular complexity index is 446. The minimum Gasteiger partial charge on any atom is -0.504 e. The van der Waals surface area contributed by atoms with Crippen molar-refractivity contribution in [2.45, 2.75) is 13.3 Å². The highest BCUT2D eigenvalue weighted by Gasteiger charge is 2.05. The molecule has 0 saturated carbocycles. The van der Waals surface area contributed by atoms with Gasteiger partial charge in [0.2, 0.25) is 11.8 Å². The summed E-state index contributed by atoms with van der Waals surface area (Å²) in [6.45, 7) is 2.13. The van der Waals surface area contributed by atoms with Gasteiger partial charge in [-0.3, -0.25) is 9.59 Å². The molecule has 1 rings (SSSR count). The van der Waals surface area contributed by atoms with Gasteiger partial charge in [-0.15, -0.1) is 0 Å². The van der Waals surface area contributed by atoms with Crippen LogP contribution in [0.2, 0.25) is 0 Å². The molecule has 0 aliphatic heterocycles. The van der Waals surface area contributed by atoms with Crippen LogP contribution in [-0.2, 0) is 16.0 Å². The average Bonchev–Trinajstić information content (AvgIpc) is 2.29. The highest BCUT2D eigenvalue weighted by atomic mass is 16.3. The lowest BCUT2D eigenvalue weighted by Gasteiger charge is -2.06. The standard InChI is InChI=1S/C12H16N2O4/c1-8(15)13-4-5-14-12(18)7-9-2-3-10(16)11(17)6-9/h2-3,6,16-17H,4-5,7H2,1H3,(H,13,15)(H,14,18). The van der Waals surface area contributed by atoms with Gasteiger partial charge in [0.1, 0.15) is 0 Å². The van der Waals surface area contributed by atoms with Crippen molar-refractivity contribution >= 4 is 11.8 Å². The van der Waals surface area contributed by atoms with Gasteiger partial charge in [0.25, 0.3) is 0 Å². The molecule has 6 nitrogen and oxygen atoms in total. The first-order chi connectivity index (χ1) is 8.49. The smallest absolute Gasteiger partial charge is 0.224 e. The molecule has 18 heavy (non-hydrogen) atoms. The zero-order valence-corrected chi connectivity index (χ0v) is 10.1. The van der Waals surface area contributed by atoms with Crippen molar-refractivity contribution in [1.82, 2.24) is 10.6 Å². The highest BCUT2D eigenvalue weighted by Crippen LogP contribution is 2.24. The van der Waals surface area contributed by atoms with Gasteiger partial charge >= 0.3 is 0 Å². The van der Waals surface area contributed by atoms with Gasteiger partial charge in [0.05, 0.1) is 6.42 Å². The Morgan fingerprint density at radius 3 is 2.39 bits per heavy atom. The number of hydrogen-bond acceptors (Lipinski definition) is 4. The molecule has 0 radical (unpaired) electrons. The molecule has 6 heteroatoms. The molecule has 0 bridgehead atoms. The molecule has 0 unspecified atom stereocenters.